The second kappa shape index (κ2) is 5.13. The van der Waals surface area contributed by atoms with Crippen LogP contribution in [0, 0.1) is 6.92 Å². The Morgan fingerprint density at radius 2 is 2.05 bits per heavy atom. The number of nitrogens with one attached hydrogen (secondary N) is 1. The minimum Gasteiger partial charge on any atom is -0.314 e. The predicted molar refractivity (Wildman–Crippen MR) is 74.8 cm³/mol. The molecule has 1 atom stereocenters. The highest BCUT2D eigenvalue weighted by atomic mass is 15.3. The van der Waals surface area contributed by atoms with Crippen molar-refractivity contribution in [3.8, 4) is 0 Å². The molecule has 0 saturated carbocycles. The van der Waals surface area contributed by atoms with Crippen LogP contribution in [0.15, 0.2) is 24.3 Å². The summed E-state index contributed by atoms with van der Waals surface area (Å²) < 4.78 is 2.24. The van der Waals surface area contributed by atoms with Crippen LogP contribution < -0.4 is 5.32 Å². The molecule has 0 fully saturated rings. The largest absolute Gasteiger partial charge is 0.314 e. The van der Waals surface area contributed by atoms with E-state index in [4.69, 9.17) is 0 Å². The van der Waals surface area contributed by atoms with Crippen LogP contribution in [0.2, 0.25) is 0 Å². The predicted octanol–water partition coefficient (Wildman–Crippen LogP) is 2.38. The van der Waals surface area contributed by atoms with E-state index >= 15 is 0 Å². The Morgan fingerprint density at radius 3 is 2.84 bits per heavy atom. The van der Waals surface area contributed by atoms with Gasteiger partial charge < -0.3 is 9.88 Å². The fourth-order valence-electron chi connectivity index (χ4n) is 2.79. The molecule has 1 aliphatic rings. The van der Waals surface area contributed by atoms with E-state index in [2.05, 4.69) is 51.3 Å². The Morgan fingerprint density at radius 1 is 1.26 bits per heavy atom. The van der Waals surface area contributed by atoms with E-state index in [-0.39, 0.29) is 6.04 Å². The van der Waals surface area contributed by atoms with Crippen molar-refractivity contribution in [2.24, 2.45) is 0 Å². The molecule has 2 aromatic rings. The summed E-state index contributed by atoms with van der Waals surface area (Å²) in [5.41, 5.74) is 2.83. The number of fused-ring (bicyclic) bond motifs is 1. The molecule has 2 heterocycles. The van der Waals surface area contributed by atoms with Gasteiger partial charge in [0, 0.05) is 13.1 Å². The summed E-state index contributed by atoms with van der Waals surface area (Å²) in [5, 5.41) is 12.2. The van der Waals surface area contributed by atoms with Crippen LogP contribution in [0.4, 0.5) is 0 Å². The third-order valence-electron chi connectivity index (χ3n) is 3.80. The smallest absolute Gasteiger partial charge is 0.150 e. The van der Waals surface area contributed by atoms with E-state index in [0.29, 0.717) is 0 Å². The van der Waals surface area contributed by atoms with E-state index in [1.165, 1.54) is 11.1 Å². The van der Waals surface area contributed by atoms with E-state index in [9.17, 15) is 0 Å². The molecule has 0 saturated heterocycles. The molecule has 1 aliphatic heterocycles. The zero-order chi connectivity index (χ0) is 13.2. The zero-order valence-electron chi connectivity index (χ0n) is 11.6. The second-order valence-electron chi connectivity index (χ2n) is 5.16. The lowest BCUT2D eigenvalue weighted by molar-refractivity contribution is 0.450. The van der Waals surface area contributed by atoms with Crippen molar-refractivity contribution in [2.75, 3.05) is 0 Å². The highest BCUT2D eigenvalue weighted by Crippen LogP contribution is 2.25. The maximum atomic E-state index is 4.38. The Balaban J connectivity index is 1.89. The van der Waals surface area contributed by atoms with Crippen LogP contribution in [-0.2, 0) is 19.5 Å². The normalized spacial score (nSPS) is 18.3. The van der Waals surface area contributed by atoms with E-state index < -0.39 is 0 Å². The molecule has 0 spiro atoms. The van der Waals surface area contributed by atoms with Crippen molar-refractivity contribution in [2.45, 2.75) is 45.8 Å². The Hall–Kier alpha value is -1.68. The first-order valence-electron chi connectivity index (χ1n) is 6.99. The number of nitrogens with zero attached hydrogens (tertiary/aromatic N) is 3. The topological polar surface area (TPSA) is 42.7 Å². The van der Waals surface area contributed by atoms with Gasteiger partial charge in [-0.2, -0.15) is 0 Å². The van der Waals surface area contributed by atoms with Crippen LogP contribution >= 0.6 is 0 Å². The lowest BCUT2D eigenvalue weighted by atomic mass is 9.95. The van der Waals surface area contributed by atoms with Gasteiger partial charge in [-0.3, -0.25) is 0 Å². The molecule has 1 aromatic heterocycles. The van der Waals surface area contributed by atoms with Gasteiger partial charge in [-0.25, -0.2) is 0 Å². The number of rotatable bonds is 3. The first-order valence-corrected chi connectivity index (χ1v) is 6.99. The molecule has 0 bridgehead atoms. The molecule has 1 aromatic carbocycles. The molecule has 0 radical (unpaired) electrons. The van der Waals surface area contributed by atoms with Gasteiger partial charge >= 0.3 is 0 Å². The zero-order valence-corrected chi connectivity index (χ0v) is 11.6. The SMILES string of the molecule is CCCn1c(C)nnc1[C@H]1Cc2ccccc2CN1. The van der Waals surface area contributed by atoms with Gasteiger partial charge in [-0.1, -0.05) is 31.2 Å². The molecule has 1 N–H and O–H groups in total. The van der Waals surface area contributed by atoms with Gasteiger partial charge in [0.1, 0.15) is 5.82 Å². The molecule has 4 heteroatoms. The third kappa shape index (κ3) is 2.28. The van der Waals surface area contributed by atoms with Crippen molar-refractivity contribution in [3.63, 3.8) is 0 Å². The Bertz CT molecular complexity index is 573. The number of aryl methyl sites for hydroxylation is 1. The van der Waals surface area contributed by atoms with Gasteiger partial charge in [0.15, 0.2) is 5.82 Å². The lowest BCUT2D eigenvalue weighted by Crippen LogP contribution is -2.31. The highest BCUT2D eigenvalue weighted by Gasteiger charge is 2.24. The van der Waals surface area contributed by atoms with Crippen molar-refractivity contribution >= 4 is 0 Å². The molecular formula is C15H20N4. The summed E-state index contributed by atoms with van der Waals surface area (Å²) in [6, 6.07) is 8.91. The monoisotopic (exact) mass is 256 g/mol. The van der Waals surface area contributed by atoms with E-state index in [1.54, 1.807) is 0 Å². The number of benzene rings is 1. The van der Waals surface area contributed by atoms with Gasteiger partial charge in [0.2, 0.25) is 0 Å². The van der Waals surface area contributed by atoms with E-state index in [1.807, 2.05) is 6.92 Å². The molecular weight excluding hydrogens is 236 g/mol. The number of hydrogen-bond donors (Lipinski definition) is 1. The third-order valence-corrected chi connectivity index (χ3v) is 3.80. The van der Waals surface area contributed by atoms with Crippen LogP contribution in [0.25, 0.3) is 0 Å². The molecule has 4 nitrogen and oxygen atoms in total. The number of hydrogen-bond acceptors (Lipinski definition) is 3. The summed E-state index contributed by atoms with van der Waals surface area (Å²) in [6.45, 7) is 6.13. The van der Waals surface area contributed by atoms with Crippen LogP contribution in [-0.4, -0.2) is 14.8 Å². The maximum absolute atomic E-state index is 4.38. The standard InChI is InChI=1S/C15H20N4/c1-3-8-19-11(2)17-18-15(19)14-9-12-6-4-5-7-13(12)10-16-14/h4-7,14,16H,3,8-10H2,1-2H3/t14-/m1/s1. The Labute approximate surface area is 113 Å². The molecule has 3 rings (SSSR count). The summed E-state index contributed by atoms with van der Waals surface area (Å²) in [7, 11) is 0. The summed E-state index contributed by atoms with van der Waals surface area (Å²) in [6.07, 6.45) is 2.10. The quantitative estimate of drug-likeness (QED) is 0.917. The number of aromatic nitrogens is 3. The van der Waals surface area contributed by atoms with Crippen LogP contribution in [0.1, 0.15) is 42.2 Å². The molecule has 0 amide bonds. The van der Waals surface area contributed by atoms with Gasteiger partial charge in [0.05, 0.1) is 6.04 Å². The fraction of sp³-hybridized carbons (Fsp3) is 0.467. The average molecular weight is 256 g/mol. The first-order chi connectivity index (χ1) is 9.29. The maximum Gasteiger partial charge on any atom is 0.150 e. The first kappa shape index (κ1) is 12.4. The average Bonchev–Trinajstić information content (AvgIpc) is 2.80. The van der Waals surface area contributed by atoms with Crippen molar-refractivity contribution in [3.05, 3.63) is 47.0 Å². The lowest BCUT2D eigenvalue weighted by Gasteiger charge is -2.26. The molecule has 0 aliphatic carbocycles. The Kier molecular flexibility index (Phi) is 3.34. The molecule has 100 valence electrons. The van der Waals surface area contributed by atoms with Crippen LogP contribution in [0.5, 0.6) is 0 Å². The van der Waals surface area contributed by atoms with Crippen LogP contribution in [0.3, 0.4) is 0 Å². The summed E-state index contributed by atoms with van der Waals surface area (Å²) in [4.78, 5) is 0. The summed E-state index contributed by atoms with van der Waals surface area (Å²) >= 11 is 0. The van der Waals surface area contributed by atoms with Crippen molar-refractivity contribution < 1.29 is 0 Å². The molecule has 0 unspecified atom stereocenters. The minimum atomic E-state index is 0.280. The van der Waals surface area contributed by atoms with Gasteiger partial charge in [-0.15, -0.1) is 10.2 Å². The van der Waals surface area contributed by atoms with Crippen molar-refractivity contribution in [1.82, 2.24) is 20.1 Å². The van der Waals surface area contributed by atoms with Crippen molar-refractivity contribution in [1.29, 1.82) is 0 Å². The second-order valence-corrected chi connectivity index (χ2v) is 5.16. The summed E-state index contributed by atoms with van der Waals surface area (Å²) in [5.74, 6) is 2.09. The highest BCUT2D eigenvalue weighted by molar-refractivity contribution is 5.30. The van der Waals surface area contributed by atoms with Gasteiger partial charge in [-0.05, 0) is 30.9 Å². The molecule has 19 heavy (non-hydrogen) atoms. The van der Waals surface area contributed by atoms with Gasteiger partial charge in [0.25, 0.3) is 0 Å². The fourth-order valence-corrected chi connectivity index (χ4v) is 2.79. The minimum absolute atomic E-state index is 0.280. The van der Waals surface area contributed by atoms with E-state index in [0.717, 1.165) is 37.6 Å².